The summed E-state index contributed by atoms with van der Waals surface area (Å²) in [5.41, 5.74) is 0.650. The molecule has 0 bridgehead atoms. The van der Waals surface area contributed by atoms with E-state index in [1.54, 1.807) is 25.1 Å². The number of carbonyl (C=O) groups excluding carboxylic acids is 3. The summed E-state index contributed by atoms with van der Waals surface area (Å²) in [5.74, 6) is -0.0418. The van der Waals surface area contributed by atoms with Gasteiger partial charge in [-0.25, -0.2) is 4.79 Å². The topological polar surface area (TPSA) is 82.1 Å². The van der Waals surface area contributed by atoms with Crippen molar-refractivity contribution in [1.29, 1.82) is 0 Å². The Morgan fingerprint density at radius 1 is 1.26 bits per heavy atom. The zero-order chi connectivity index (χ0) is 20.0. The van der Waals surface area contributed by atoms with Crippen LogP contribution >= 0.6 is 27.7 Å². The van der Waals surface area contributed by atoms with Gasteiger partial charge in [0.25, 0.3) is 11.1 Å². The van der Waals surface area contributed by atoms with Crippen molar-refractivity contribution in [3.8, 4) is 11.5 Å². The summed E-state index contributed by atoms with van der Waals surface area (Å²) in [6, 6.07) is 3.30. The highest BCUT2D eigenvalue weighted by Gasteiger charge is 2.34. The third-order valence-corrected chi connectivity index (χ3v) is 5.14. The molecule has 146 valence electrons. The second-order valence-corrected chi connectivity index (χ2v) is 7.30. The molecule has 2 rings (SSSR count). The molecule has 0 spiro atoms. The van der Waals surface area contributed by atoms with Crippen molar-refractivity contribution in [3.05, 3.63) is 27.1 Å². The van der Waals surface area contributed by atoms with Gasteiger partial charge < -0.3 is 14.2 Å². The Hall–Kier alpha value is -2.00. The van der Waals surface area contributed by atoms with Gasteiger partial charge in [0, 0.05) is 11.0 Å². The predicted molar refractivity (Wildman–Crippen MR) is 106 cm³/mol. The number of esters is 1. The van der Waals surface area contributed by atoms with Gasteiger partial charge in [-0.1, -0.05) is 22.9 Å². The standard InChI is InChI=1S/C18H20BrNO6S/c1-4-6-20-17(22)15(27-18(20)23)8-11-7-13(24-3)14(9-12(11)19)26-10-16(21)25-5-2/h7-9H,4-6,10H2,1-3H3/b15-8+. The monoisotopic (exact) mass is 457 g/mol. The van der Waals surface area contributed by atoms with Crippen LogP contribution in [0.5, 0.6) is 11.5 Å². The Morgan fingerprint density at radius 2 is 2.00 bits per heavy atom. The summed E-state index contributed by atoms with van der Waals surface area (Å²) in [6.07, 6.45) is 2.33. The summed E-state index contributed by atoms with van der Waals surface area (Å²) < 4.78 is 16.2. The van der Waals surface area contributed by atoms with Gasteiger partial charge in [-0.15, -0.1) is 0 Å². The van der Waals surface area contributed by atoms with Gasteiger partial charge in [0.15, 0.2) is 18.1 Å². The zero-order valence-electron chi connectivity index (χ0n) is 15.2. The summed E-state index contributed by atoms with van der Waals surface area (Å²) >= 11 is 4.33. The van der Waals surface area contributed by atoms with Crippen molar-refractivity contribution < 1.29 is 28.6 Å². The first kappa shape index (κ1) is 21.3. The van der Waals surface area contributed by atoms with Crippen LogP contribution in [-0.2, 0) is 14.3 Å². The van der Waals surface area contributed by atoms with Gasteiger partial charge >= 0.3 is 5.97 Å². The largest absolute Gasteiger partial charge is 0.493 e. The van der Waals surface area contributed by atoms with Crippen LogP contribution in [0.25, 0.3) is 6.08 Å². The van der Waals surface area contributed by atoms with E-state index in [1.807, 2.05) is 6.92 Å². The highest BCUT2D eigenvalue weighted by Crippen LogP contribution is 2.38. The zero-order valence-corrected chi connectivity index (χ0v) is 17.6. The van der Waals surface area contributed by atoms with Gasteiger partial charge in [-0.2, -0.15) is 0 Å². The van der Waals surface area contributed by atoms with E-state index in [0.29, 0.717) is 39.4 Å². The lowest BCUT2D eigenvalue weighted by Gasteiger charge is -2.12. The summed E-state index contributed by atoms with van der Waals surface area (Å²) in [7, 11) is 1.47. The van der Waals surface area contributed by atoms with Gasteiger partial charge in [0.2, 0.25) is 0 Å². The number of hydrogen-bond donors (Lipinski definition) is 0. The van der Waals surface area contributed by atoms with Crippen LogP contribution in [0.4, 0.5) is 4.79 Å². The first-order chi connectivity index (χ1) is 12.9. The highest BCUT2D eigenvalue weighted by atomic mass is 79.9. The molecule has 1 aromatic rings. The minimum atomic E-state index is -0.482. The van der Waals surface area contributed by atoms with Gasteiger partial charge in [0.05, 0.1) is 18.6 Å². The molecule has 0 aliphatic carbocycles. The van der Waals surface area contributed by atoms with E-state index in [4.69, 9.17) is 14.2 Å². The first-order valence-electron chi connectivity index (χ1n) is 8.32. The molecule has 0 radical (unpaired) electrons. The van der Waals surface area contributed by atoms with Crippen molar-refractivity contribution in [1.82, 2.24) is 4.90 Å². The lowest BCUT2D eigenvalue weighted by atomic mass is 10.2. The normalized spacial score (nSPS) is 15.4. The molecule has 0 aromatic heterocycles. The lowest BCUT2D eigenvalue weighted by Crippen LogP contribution is -2.28. The molecule has 27 heavy (non-hydrogen) atoms. The molecular weight excluding hydrogens is 438 g/mol. The van der Waals surface area contributed by atoms with E-state index in [2.05, 4.69) is 15.9 Å². The fourth-order valence-corrected chi connectivity index (χ4v) is 3.62. The van der Waals surface area contributed by atoms with Crippen LogP contribution in [0.15, 0.2) is 21.5 Å². The summed E-state index contributed by atoms with van der Waals surface area (Å²) in [6.45, 7) is 4.05. The number of carbonyl (C=O) groups is 3. The highest BCUT2D eigenvalue weighted by molar-refractivity contribution is 9.10. The number of amides is 2. The lowest BCUT2D eigenvalue weighted by molar-refractivity contribution is -0.145. The molecule has 0 atom stereocenters. The Bertz CT molecular complexity index is 779. The van der Waals surface area contributed by atoms with Crippen molar-refractivity contribution in [2.24, 2.45) is 0 Å². The number of halogens is 1. The van der Waals surface area contributed by atoms with Crippen molar-refractivity contribution >= 4 is 50.9 Å². The van der Waals surface area contributed by atoms with Gasteiger partial charge in [0.1, 0.15) is 0 Å². The maximum absolute atomic E-state index is 12.4. The molecular formula is C18H20BrNO6S. The number of rotatable bonds is 8. The molecule has 1 fully saturated rings. The predicted octanol–water partition coefficient (Wildman–Crippen LogP) is 3.85. The fourth-order valence-electron chi connectivity index (χ4n) is 2.33. The van der Waals surface area contributed by atoms with E-state index in [-0.39, 0.29) is 24.4 Å². The van der Waals surface area contributed by atoms with Crippen LogP contribution in [0.1, 0.15) is 25.8 Å². The van der Waals surface area contributed by atoms with Gasteiger partial charge in [-0.3, -0.25) is 14.5 Å². The molecule has 1 heterocycles. The van der Waals surface area contributed by atoms with Crippen molar-refractivity contribution in [3.63, 3.8) is 0 Å². The van der Waals surface area contributed by atoms with Crippen LogP contribution in [0.3, 0.4) is 0 Å². The molecule has 1 saturated heterocycles. The van der Waals surface area contributed by atoms with Crippen LogP contribution in [-0.4, -0.2) is 48.9 Å². The molecule has 0 unspecified atom stereocenters. The average Bonchev–Trinajstić information content (AvgIpc) is 2.89. The molecule has 0 saturated carbocycles. The fraction of sp³-hybridized carbons (Fsp3) is 0.389. The molecule has 7 nitrogen and oxygen atoms in total. The third kappa shape index (κ3) is 5.26. The average molecular weight is 458 g/mol. The van der Waals surface area contributed by atoms with Crippen molar-refractivity contribution in [2.45, 2.75) is 20.3 Å². The molecule has 1 aromatic carbocycles. The van der Waals surface area contributed by atoms with Crippen LogP contribution in [0, 0.1) is 0 Å². The number of hydrogen-bond acceptors (Lipinski definition) is 7. The van der Waals surface area contributed by atoms with E-state index >= 15 is 0 Å². The Kier molecular flexibility index (Phi) is 7.73. The SMILES string of the molecule is CCCN1C(=O)S/C(=C/c2cc(OC)c(OCC(=O)OCC)cc2Br)C1=O. The van der Waals surface area contributed by atoms with Crippen LogP contribution < -0.4 is 9.47 Å². The number of benzene rings is 1. The Balaban J connectivity index is 2.25. The quantitative estimate of drug-likeness (QED) is 0.432. The molecule has 9 heteroatoms. The first-order valence-corrected chi connectivity index (χ1v) is 9.93. The summed E-state index contributed by atoms with van der Waals surface area (Å²) in [5, 5.41) is -0.273. The van der Waals surface area contributed by atoms with Crippen LogP contribution in [0.2, 0.25) is 0 Å². The minimum absolute atomic E-state index is 0.244. The molecule has 1 aliphatic rings. The number of methoxy groups -OCH3 is 1. The number of imide groups is 1. The van der Waals surface area contributed by atoms with Gasteiger partial charge in [-0.05, 0) is 48.9 Å². The second kappa shape index (κ2) is 9.80. The van der Waals surface area contributed by atoms with E-state index in [0.717, 1.165) is 11.8 Å². The molecule has 0 N–H and O–H groups in total. The van der Waals surface area contributed by atoms with E-state index < -0.39 is 5.97 Å². The number of nitrogens with zero attached hydrogens (tertiary/aromatic N) is 1. The number of ether oxygens (including phenoxy) is 3. The van der Waals surface area contributed by atoms with E-state index in [9.17, 15) is 14.4 Å². The third-order valence-electron chi connectivity index (χ3n) is 3.54. The second-order valence-electron chi connectivity index (χ2n) is 5.45. The Labute approximate surface area is 170 Å². The maximum atomic E-state index is 12.4. The Morgan fingerprint density at radius 3 is 2.63 bits per heavy atom. The van der Waals surface area contributed by atoms with Crippen molar-refractivity contribution in [2.75, 3.05) is 26.9 Å². The minimum Gasteiger partial charge on any atom is -0.493 e. The number of thioether (sulfide) groups is 1. The maximum Gasteiger partial charge on any atom is 0.344 e. The molecule has 1 aliphatic heterocycles. The smallest absolute Gasteiger partial charge is 0.344 e. The van der Waals surface area contributed by atoms with E-state index in [1.165, 1.54) is 12.0 Å². The molecule has 2 amide bonds. The summed E-state index contributed by atoms with van der Waals surface area (Å²) in [4.78, 5) is 37.4.